The third kappa shape index (κ3) is 2.48. The van der Waals surface area contributed by atoms with Crippen LogP contribution in [0.5, 0.6) is 5.75 Å². The SMILES string of the molecule is CCOc1ccc(NC(=O)C2(CO)CCC2)cc1. The molecule has 0 saturated heterocycles. The van der Waals surface area contributed by atoms with Crippen molar-refractivity contribution in [3.8, 4) is 5.75 Å². The standard InChI is InChI=1S/C14H19NO3/c1-2-18-12-6-4-11(5-7-12)15-13(17)14(10-16)8-3-9-14/h4-7,16H,2-3,8-10H2,1H3,(H,15,17). The first-order valence-electron chi connectivity index (χ1n) is 6.35. The molecular formula is C14H19NO3. The predicted molar refractivity (Wildman–Crippen MR) is 69.6 cm³/mol. The van der Waals surface area contributed by atoms with Crippen molar-refractivity contribution in [1.29, 1.82) is 0 Å². The number of benzene rings is 1. The number of carbonyl (C=O) groups excluding carboxylic acids is 1. The monoisotopic (exact) mass is 249 g/mol. The maximum atomic E-state index is 12.1. The maximum absolute atomic E-state index is 12.1. The van der Waals surface area contributed by atoms with Crippen LogP contribution < -0.4 is 10.1 Å². The van der Waals surface area contributed by atoms with Crippen LogP contribution in [0.25, 0.3) is 0 Å². The Labute approximate surface area is 107 Å². The summed E-state index contributed by atoms with van der Waals surface area (Å²) < 4.78 is 5.33. The second-order valence-electron chi connectivity index (χ2n) is 4.70. The van der Waals surface area contributed by atoms with Gasteiger partial charge in [0.05, 0.1) is 18.6 Å². The summed E-state index contributed by atoms with van der Waals surface area (Å²) >= 11 is 0. The van der Waals surface area contributed by atoms with Gasteiger partial charge in [-0.1, -0.05) is 6.42 Å². The van der Waals surface area contributed by atoms with Crippen LogP contribution in [0.2, 0.25) is 0 Å². The molecule has 0 bridgehead atoms. The van der Waals surface area contributed by atoms with E-state index in [4.69, 9.17) is 4.74 Å². The Bertz CT molecular complexity index is 404. The number of aliphatic hydroxyl groups excluding tert-OH is 1. The number of hydrogen-bond donors (Lipinski definition) is 2. The van der Waals surface area contributed by atoms with E-state index in [2.05, 4.69) is 5.32 Å². The molecule has 2 rings (SSSR count). The van der Waals surface area contributed by atoms with Gasteiger partial charge in [-0.25, -0.2) is 0 Å². The predicted octanol–water partition coefficient (Wildman–Crippen LogP) is 2.19. The quantitative estimate of drug-likeness (QED) is 0.841. The highest BCUT2D eigenvalue weighted by atomic mass is 16.5. The summed E-state index contributed by atoms with van der Waals surface area (Å²) in [6, 6.07) is 7.27. The van der Waals surface area contributed by atoms with Gasteiger partial charge in [0.25, 0.3) is 0 Å². The molecule has 4 heteroatoms. The van der Waals surface area contributed by atoms with Gasteiger partial charge in [0.15, 0.2) is 0 Å². The molecule has 0 unspecified atom stereocenters. The smallest absolute Gasteiger partial charge is 0.232 e. The van der Waals surface area contributed by atoms with E-state index in [-0.39, 0.29) is 12.5 Å². The highest BCUT2D eigenvalue weighted by Crippen LogP contribution is 2.41. The molecule has 1 aliphatic carbocycles. The van der Waals surface area contributed by atoms with Crippen molar-refractivity contribution >= 4 is 11.6 Å². The van der Waals surface area contributed by atoms with Crippen LogP contribution in [-0.4, -0.2) is 24.2 Å². The van der Waals surface area contributed by atoms with Gasteiger partial charge in [0.1, 0.15) is 5.75 Å². The van der Waals surface area contributed by atoms with E-state index in [9.17, 15) is 9.90 Å². The number of nitrogens with one attached hydrogen (secondary N) is 1. The Balaban J connectivity index is 1.98. The number of anilines is 1. The van der Waals surface area contributed by atoms with Gasteiger partial charge >= 0.3 is 0 Å². The van der Waals surface area contributed by atoms with Crippen molar-refractivity contribution in [1.82, 2.24) is 0 Å². The Morgan fingerprint density at radius 2 is 2.06 bits per heavy atom. The highest BCUT2D eigenvalue weighted by Gasteiger charge is 2.43. The summed E-state index contributed by atoms with van der Waals surface area (Å²) in [4.78, 5) is 12.1. The summed E-state index contributed by atoms with van der Waals surface area (Å²) in [5.74, 6) is 0.705. The van der Waals surface area contributed by atoms with Crippen LogP contribution in [-0.2, 0) is 4.79 Å². The van der Waals surface area contributed by atoms with Gasteiger partial charge in [-0.3, -0.25) is 4.79 Å². The summed E-state index contributed by atoms with van der Waals surface area (Å²) in [6.45, 7) is 2.48. The molecule has 0 spiro atoms. The molecule has 1 saturated carbocycles. The molecule has 98 valence electrons. The molecule has 1 aliphatic rings. The molecule has 0 aromatic heterocycles. The molecule has 0 aliphatic heterocycles. The summed E-state index contributed by atoms with van der Waals surface area (Å²) in [5, 5.41) is 12.2. The number of rotatable bonds is 5. The number of ether oxygens (including phenoxy) is 1. The lowest BCUT2D eigenvalue weighted by molar-refractivity contribution is -0.133. The van der Waals surface area contributed by atoms with Crippen molar-refractivity contribution in [2.45, 2.75) is 26.2 Å². The second kappa shape index (κ2) is 5.40. The molecule has 4 nitrogen and oxygen atoms in total. The molecule has 0 heterocycles. The largest absolute Gasteiger partial charge is 0.494 e. The van der Waals surface area contributed by atoms with Gasteiger partial charge in [-0.15, -0.1) is 0 Å². The first kappa shape index (κ1) is 12.9. The van der Waals surface area contributed by atoms with E-state index < -0.39 is 5.41 Å². The van der Waals surface area contributed by atoms with Gasteiger partial charge in [-0.2, -0.15) is 0 Å². The first-order chi connectivity index (χ1) is 8.70. The van der Waals surface area contributed by atoms with E-state index in [1.165, 1.54) is 0 Å². The summed E-state index contributed by atoms with van der Waals surface area (Å²) in [5.41, 5.74) is 0.182. The minimum atomic E-state index is -0.557. The van der Waals surface area contributed by atoms with Crippen molar-refractivity contribution in [2.24, 2.45) is 5.41 Å². The third-order valence-corrected chi connectivity index (χ3v) is 3.52. The third-order valence-electron chi connectivity index (χ3n) is 3.52. The molecule has 1 amide bonds. The molecule has 18 heavy (non-hydrogen) atoms. The average molecular weight is 249 g/mol. The fourth-order valence-electron chi connectivity index (χ4n) is 2.13. The minimum Gasteiger partial charge on any atom is -0.494 e. The fraction of sp³-hybridized carbons (Fsp3) is 0.500. The lowest BCUT2D eigenvalue weighted by Crippen LogP contribution is -2.44. The minimum absolute atomic E-state index is 0.0735. The van der Waals surface area contributed by atoms with E-state index in [0.29, 0.717) is 6.61 Å². The van der Waals surface area contributed by atoms with Crippen LogP contribution in [0.3, 0.4) is 0 Å². The second-order valence-corrected chi connectivity index (χ2v) is 4.70. The molecule has 2 N–H and O–H groups in total. The van der Waals surface area contributed by atoms with Crippen molar-refractivity contribution < 1.29 is 14.6 Å². The highest BCUT2D eigenvalue weighted by molar-refractivity contribution is 5.96. The molecular weight excluding hydrogens is 230 g/mol. The Morgan fingerprint density at radius 1 is 1.39 bits per heavy atom. The van der Waals surface area contributed by atoms with E-state index in [1.807, 2.05) is 31.2 Å². The number of amides is 1. The van der Waals surface area contributed by atoms with Gasteiger partial charge in [0.2, 0.25) is 5.91 Å². The number of aliphatic hydroxyl groups is 1. The molecule has 1 fully saturated rings. The Morgan fingerprint density at radius 3 is 2.50 bits per heavy atom. The number of carbonyl (C=O) groups is 1. The molecule has 0 atom stereocenters. The first-order valence-corrected chi connectivity index (χ1v) is 6.35. The van der Waals surface area contributed by atoms with E-state index >= 15 is 0 Å². The Kier molecular flexibility index (Phi) is 3.87. The van der Waals surface area contributed by atoms with Gasteiger partial charge in [-0.05, 0) is 44.0 Å². The molecule has 1 aromatic carbocycles. The lowest BCUT2D eigenvalue weighted by atomic mass is 9.68. The summed E-state index contributed by atoms with van der Waals surface area (Å²) in [6.07, 6.45) is 2.55. The van der Waals surface area contributed by atoms with Gasteiger partial charge in [0, 0.05) is 5.69 Å². The van der Waals surface area contributed by atoms with Crippen LogP contribution in [0.1, 0.15) is 26.2 Å². The average Bonchev–Trinajstić information content (AvgIpc) is 2.31. The fourth-order valence-corrected chi connectivity index (χ4v) is 2.13. The zero-order valence-corrected chi connectivity index (χ0v) is 10.6. The zero-order chi connectivity index (χ0) is 13.0. The van der Waals surface area contributed by atoms with Crippen LogP contribution >= 0.6 is 0 Å². The zero-order valence-electron chi connectivity index (χ0n) is 10.6. The topological polar surface area (TPSA) is 58.6 Å². The van der Waals surface area contributed by atoms with E-state index in [0.717, 1.165) is 30.7 Å². The summed E-state index contributed by atoms with van der Waals surface area (Å²) in [7, 11) is 0. The van der Waals surface area contributed by atoms with Crippen molar-refractivity contribution in [2.75, 3.05) is 18.5 Å². The maximum Gasteiger partial charge on any atom is 0.232 e. The lowest BCUT2D eigenvalue weighted by Gasteiger charge is -2.38. The van der Waals surface area contributed by atoms with Crippen molar-refractivity contribution in [3.05, 3.63) is 24.3 Å². The van der Waals surface area contributed by atoms with Crippen molar-refractivity contribution in [3.63, 3.8) is 0 Å². The van der Waals surface area contributed by atoms with Crippen LogP contribution in [0.4, 0.5) is 5.69 Å². The van der Waals surface area contributed by atoms with E-state index in [1.54, 1.807) is 0 Å². The van der Waals surface area contributed by atoms with Crippen LogP contribution in [0, 0.1) is 5.41 Å². The normalized spacial score (nSPS) is 16.8. The Hall–Kier alpha value is -1.55. The van der Waals surface area contributed by atoms with Crippen LogP contribution in [0.15, 0.2) is 24.3 Å². The molecule has 0 radical (unpaired) electrons. The van der Waals surface area contributed by atoms with Gasteiger partial charge < -0.3 is 15.2 Å². The molecule has 1 aromatic rings. The number of hydrogen-bond acceptors (Lipinski definition) is 3.